The number of alkyl halides is 3. The van der Waals surface area contributed by atoms with E-state index in [2.05, 4.69) is 0 Å². The molecule has 1 saturated carbocycles. The second-order valence-corrected chi connectivity index (χ2v) is 11.6. The number of benzene rings is 2. The van der Waals surface area contributed by atoms with Gasteiger partial charge < -0.3 is 0 Å². The Hall–Kier alpha value is -2.78. The van der Waals surface area contributed by atoms with E-state index in [0.717, 1.165) is 11.1 Å². The molecule has 3 atom stereocenters. The average molecular weight is 506 g/mol. The topological polar surface area (TPSA) is 71.5 Å². The molecule has 186 valence electrons. The van der Waals surface area contributed by atoms with E-state index < -0.39 is 38.3 Å². The molecule has 1 fully saturated rings. The van der Waals surface area contributed by atoms with Crippen molar-refractivity contribution in [1.29, 1.82) is 0 Å². The lowest BCUT2D eigenvalue weighted by atomic mass is 9.77. The van der Waals surface area contributed by atoms with Gasteiger partial charge in [0.1, 0.15) is 11.3 Å². The number of allylic oxidation sites excluding steroid dienone is 1. The van der Waals surface area contributed by atoms with Gasteiger partial charge in [-0.15, -0.1) is 0 Å². The van der Waals surface area contributed by atoms with E-state index in [4.69, 9.17) is 0 Å². The number of ketones is 1. The molecule has 2 aromatic rings. The number of carbonyl (C=O) groups is 2. The number of sulfone groups is 1. The first-order valence-electron chi connectivity index (χ1n) is 11.4. The summed E-state index contributed by atoms with van der Waals surface area (Å²) in [6.07, 6.45) is -2.66. The van der Waals surface area contributed by atoms with Gasteiger partial charge in [-0.05, 0) is 42.4 Å². The molecular weight excluding hydrogens is 479 g/mol. The summed E-state index contributed by atoms with van der Waals surface area (Å²) >= 11 is 0. The third kappa shape index (κ3) is 5.11. The number of fused-ring (bicyclic) bond motifs is 1. The smallest absolute Gasteiger partial charge is 0.295 e. The minimum Gasteiger partial charge on any atom is -0.295 e. The van der Waals surface area contributed by atoms with E-state index in [-0.39, 0.29) is 23.6 Å². The second-order valence-electron chi connectivity index (χ2n) is 9.21. The lowest BCUT2D eigenvalue weighted by Gasteiger charge is -2.45. The molecule has 0 N–H and O–H groups in total. The van der Waals surface area contributed by atoms with Crippen molar-refractivity contribution in [2.24, 2.45) is 5.92 Å². The van der Waals surface area contributed by atoms with Gasteiger partial charge in [0, 0.05) is 18.7 Å². The summed E-state index contributed by atoms with van der Waals surface area (Å²) in [6, 6.07) is 14.5. The Morgan fingerprint density at radius 2 is 1.69 bits per heavy atom. The maximum absolute atomic E-state index is 13.5. The summed E-state index contributed by atoms with van der Waals surface area (Å²) in [5, 5.41) is -2.30. The minimum absolute atomic E-state index is 0.0183. The zero-order valence-corrected chi connectivity index (χ0v) is 19.9. The molecular formula is C26H26F3NO4S. The summed E-state index contributed by atoms with van der Waals surface area (Å²) in [5.41, 5.74) is 2.02. The first-order valence-corrected chi connectivity index (χ1v) is 13.0. The highest BCUT2D eigenvalue weighted by Gasteiger charge is 2.48. The fraction of sp³-hybridized carbons (Fsp3) is 0.385. The van der Waals surface area contributed by atoms with Gasteiger partial charge in [0.15, 0.2) is 16.1 Å². The van der Waals surface area contributed by atoms with Crippen LogP contribution in [0.25, 0.3) is 0 Å². The molecule has 2 aromatic carbocycles. The van der Waals surface area contributed by atoms with E-state index in [0.29, 0.717) is 31.7 Å². The molecule has 0 saturated heterocycles. The molecule has 0 aromatic heterocycles. The molecule has 0 spiro atoms. The summed E-state index contributed by atoms with van der Waals surface area (Å²) in [4.78, 5) is 25.6. The van der Waals surface area contributed by atoms with Crippen molar-refractivity contribution in [2.45, 2.75) is 55.1 Å². The number of Topliss-reactive ketones (excluding diaryl/α,β-unsaturated/α-hetero) is 1. The van der Waals surface area contributed by atoms with Crippen molar-refractivity contribution in [3.63, 3.8) is 0 Å². The van der Waals surface area contributed by atoms with E-state index in [9.17, 15) is 31.2 Å². The van der Waals surface area contributed by atoms with Gasteiger partial charge in [-0.2, -0.15) is 13.2 Å². The monoisotopic (exact) mass is 505 g/mol. The quantitative estimate of drug-likeness (QED) is 0.294. The van der Waals surface area contributed by atoms with Crippen LogP contribution in [-0.4, -0.2) is 42.9 Å². The first kappa shape index (κ1) is 25.3. The molecule has 4 rings (SSSR count). The molecule has 0 amide bonds. The van der Waals surface area contributed by atoms with E-state index in [1.807, 2.05) is 29.2 Å². The number of carbonyl (C=O) groups excluding carboxylic acids is 2. The maximum Gasteiger partial charge on any atom is 0.409 e. The normalized spacial score (nSPS) is 24.5. The van der Waals surface area contributed by atoms with Crippen LogP contribution in [0.5, 0.6) is 0 Å². The Labute approximate surface area is 202 Å². The highest BCUT2D eigenvalue weighted by molar-refractivity contribution is 7.92. The predicted molar refractivity (Wildman–Crippen MR) is 125 cm³/mol. The van der Waals surface area contributed by atoms with Crippen molar-refractivity contribution in [1.82, 2.24) is 4.90 Å². The van der Waals surface area contributed by atoms with Crippen LogP contribution >= 0.6 is 0 Å². The lowest BCUT2D eigenvalue weighted by molar-refractivity contribution is -0.135. The predicted octanol–water partition coefficient (Wildman–Crippen LogP) is 4.75. The highest BCUT2D eigenvalue weighted by Crippen LogP contribution is 2.46. The third-order valence-corrected chi connectivity index (χ3v) is 9.72. The Balaban J connectivity index is 1.52. The number of halogens is 3. The molecule has 3 unspecified atom stereocenters. The highest BCUT2D eigenvalue weighted by atomic mass is 32.2. The maximum atomic E-state index is 13.5. The molecule has 1 aliphatic carbocycles. The van der Waals surface area contributed by atoms with Crippen LogP contribution in [0.2, 0.25) is 0 Å². The summed E-state index contributed by atoms with van der Waals surface area (Å²) < 4.78 is 65.6. The summed E-state index contributed by atoms with van der Waals surface area (Å²) in [5.74, 6) is -0.813. The van der Waals surface area contributed by atoms with E-state index in [1.165, 1.54) is 12.1 Å². The molecule has 5 nitrogen and oxygen atoms in total. The number of hydrogen-bond donors (Lipinski definition) is 0. The largest absolute Gasteiger partial charge is 0.409 e. The van der Waals surface area contributed by atoms with Crippen LogP contribution in [0.4, 0.5) is 13.2 Å². The van der Waals surface area contributed by atoms with Gasteiger partial charge in [-0.3, -0.25) is 14.5 Å². The van der Waals surface area contributed by atoms with Gasteiger partial charge in [-0.1, -0.05) is 60.7 Å². The standard InChI is InChI=1S/C26H26F3NO4S/c1-17(35(33,34)24(11-12-26(27,28)29)18-7-3-2-4-8-18)20-13-21(14-20)30-15-19-9-5-6-10-22(19)25(30)23(32)16-31/h2-12,16-17,20-21,24-25H,13-15H2,1H3. The Morgan fingerprint density at radius 3 is 2.31 bits per heavy atom. The SMILES string of the molecule is CC(C1CC(N2Cc3ccccc3C2C(=O)C=O)C1)S(=O)(=O)C(C=CC(F)(F)F)c1ccccc1. The molecule has 1 aliphatic heterocycles. The van der Waals surface area contributed by atoms with Crippen LogP contribution < -0.4 is 0 Å². The van der Waals surface area contributed by atoms with E-state index in [1.54, 1.807) is 25.1 Å². The van der Waals surface area contributed by atoms with Crippen LogP contribution in [0.3, 0.4) is 0 Å². The molecule has 35 heavy (non-hydrogen) atoms. The van der Waals surface area contributed by atoms with Crippen LogP contribution in [0, 0.1) is 5.92 Å². The first-order chi connectivity index (χ1) is 16.5. The van der Waals surface area contributed by atoms with Gasteiger partial charge >= 0.3 is 6.18 Å². The minimum atomic E-state index is -4.63. The van der Waals surface area contributed by atoms with Crippen molar-refractivity contribution in [3.05, 3.63) is 83.4 Å². The second kappa shape index (κ2) is 9.70. The Morgan fingerprint density at radius 1 is 1.06 bits per heavy atom. The molecule has 1 heterocycles. The van der Waals surface area contributed by atoms with Crippen LogP contribution in [0.1, 0.15) is 47.7 Å². The number of hydrogen-bond acceptors (Lipinski definition) is 5. The lowest BCUT2D eigenvalue weighted by Crippen LogP contribution is -2.50. The zero-order valence-electron chi connectivity index (χ0n) is 19.1. The summed E-state index contributed by atoms with van der Waals surface area (Å²) in [6.45, 7) is 2.03. The van der Waals surface area contributed by atoms with Crippen molar-refractivity contribution in [3.8, 4) is 0 Å². The number of nitrogens with zero attached hydrogens (tertiary/aromatic N) is 1. The van der Waals surface area contributed by atoms with Crippen LogP contribution in [-0.2, 0) is 26.0 Å². The third-order valence-electron chi connectivity index (χ3n) is 7.16. The van der Waals surface area contributed by atoms with Gasteiger partial charge in [-0.25, -0.2) is 8.42 Å². The fourth-order valence-corrected chi connectivity index (χ4v) is 7.22. The molecule has 9 heteroatoms. The fourth-order valence-electron chi connectivity index (χ4n) is 5.17. The van der Waals surface area contributed by atoms with Gasteiger partial charge in [0.05, 0.1) is 5.25 Å². The molecule has 0 bridgehead atoms. The number of rotatable bonds is 8. The van der Waals surface area contributed by atoms with Crippen molar-refractivity contribution in [2.75, 3.05) is 0 Å². The van der Waals surface area contributed by atoms with Crippen LogP contribution in [0.15, 0.2) is 66.7 Å². The molecule has 2 aliphatic rings. The average Bonchev–Trinajstić information content (AvgIpc) is 3.16. The van der Waals surface area contributed by atoms with E-state index >= 15 is 0 Å². The zero-order chi connectivity index (χ0) is 25.4. The van der Waals surface area contributed by atoms with Crippen molar-refractivity contribution >= 4 is 21.9 Å². The Kier molecular flexibility index (Phi) is 7.02. The van der Waals surface area contributed by atoms with Gasteiger partial charge in [0.25, 0.3) is 0 Å². The number of aldehydes is 1. The van der Waals surface area contributed by atoms with Gasteiger partial charge in [0.2, 0.25) is 5.78 Å². The summed E-state index contributed by atoms with van der Waals surface area (Å²) in [7, 11) is -4.00. The Bertz CT molecular complexity index is 1220. The van der Waals surface area contributed by atoms with Crippen molar-refractivity contribution < 1.29 is 31.2 Å². The molecule has 0 radical (unpaired) electrons.